The van der Waals surface area contributed by atoms with Crippen LogP contribution < -0.4 is 15.0 Å². The molecule has 1 aliphatic rings. The topological polar surface area (TPSA) is 12.0 Å². The van der Waals surface area contributed by atoms with Gasteiger partial charge in [0.2, 0.25) is 0 Å². The Kier molecular flexibility index (Phi) is 7.15. The van der Waals surface area contributed by atoms with Crippen LogP contribution in [0.1, 0.15) is 39.0 Å². The van der Waals surface area contributed by atoms with E-state index < -0.39 is 16.5 Å². The van der Waals surface area contributed by atoms with Crippen molar-refractivity contribution in [2.24, 2.45) is 0 Å². The first kappa shape index (κ1) is 22.0. The van der Waals surface area contributed by atoms with Crippen LogP contribution in [-0.4, -0.2) is 16.5 Å². The van der Waals surface area contributed by atoms with Gasteiger partial charge in [-0.25, -0.2) is 0 Å². The van der Waals surface area contributed by atoms with Crippen molar-refractivity contribution in [1.82, 2.24) is 4.65 Å². The summed E-state index contributed by atoms with van der Waals surface area (Å²) in [5.74, 6) is 0. The van der Waals surface area contributed by atoms with E-state index in [0.717, 1.165) is 0 Å². The molecule has 154 valence electrons. The van der Waals surface area contributed by atoms with Crippen LogP contribution >= 0.6 is 0 Å². The van der Waals surface area contributed by atoms with Gasteiger partial charge in [-0.05, 0) is 16.8 Å². The van der Waals surface area contributed by atoms with Crippen molar-refractivity contribution in [2.75, 3.05) is 0 Å². The monoisotopic (exact) mass is 419 g/mol. The van der Waals surface area contributed by atoms with Crippen LogP contribution in [-0.2, 0) is 0 Å². The molecule has 2 aromatic carbocycles. The predicted octanol–water partition coefficient (Wildman–Crippen LogP) is 6.01. The van der Waals surface area contributed by atoms with Crippen LogP contribution in [0, 0.1) is 0 Å². The van der Waals surface area contributed by atoms with Gasteiger partial charge in [-0.15, -0.1) is 0 Å². The van der Waals surface area contributed by atoms with Gasteiger partial charge in [-0.2, -0.15) is 0 Å². The van der Waals surface area contributed by atoms with E-state index in [1.165, 1.54) is 42.5 Å². The molecule has 2 aromatic rings. The normalized spacial score (nSPS) is 15.7. The minimum absolute atomic E-state index is 0.0731. The molecule has 0 aliphatic heterocycles. The zero-order valence-electron chi connectivity index (χ0n) is 18.6. The van der Waals surface area contributed by atoms with Crippen molar-refractivity contribution in [3.8, 4) is 0 Å². The second-order valence-electron chi connectivity index (χ2n) is 9.43. The molecule has 0 saturated carbocycles. The lowest BCUT2D eigenvalue weighted by Gasteiger charge is -2.50. The third-order valence-corrected chi connectivity index (χ3v) is 14.9. The number of benzene rings is 2. The van der Waals surface area contributed by atoms with E-state index in [1.54, 1.807) is 0 Å². The number of unbranched alkanes of at least 4 members (excludes halogenated alkanes) is 3. The van der Waals surface area contributed by atoms with Crippen molar-refractivity contribution in [2.45, 2.75) is 63.7 Å². The molecule has 0 heterocycles. The van der Waals surface area contributed by atoms with Crippen molar-refractivity contribution >= 4 is 26.8 Å². The Hall–Kier alpha value is -1.69. The number of rotatable bonds is 10. The maximum absolute atomic E-state index is 4.40. The molecular formula is C26H37NSi2. The van der Waals surface area contributed by atoms with Gasteiger partial charge in [0.1, 0.15) is 8.24 Å². The molecule has 0 saturated heterocycles. The quantitative estimate of drug-likeness (QED) is 0.367. The van der Waals surface area contributed by atoms with Crippen LogP contribution in [0.2, 0.25) is 24.7 Å². The Morgan fingerprint density at radius 3 is 1.69 bits per heavy atom. The summed E-state index contributed by atoms with van der Waals surface area (Å²) in [5, 5.41) is 3.07. The van der Waals surface area contributed by atoms with Crippen LogP contribution in [0.15, 0.2) is 85.0 Å². The zero-order chi connectivity index (χ0) is 20.8. The molecule has 0 amide bonds. The first-order chi connectivity index (χ1) is 13.9. The molecule has 0 spiro atoms. The van der Waals surface area contributed by atoms with Gasteiger partial charge in [-0.1, -0.05) is 137 Å². The Labute approximate surface area is 180 Å². The molecule has 1 N–H and O–H groups in total. The summed E-state index contributed by atoms with van der Waals surface area (Å²) in [6.45, 7) is 9.65. The smallest absolute Gasteiger partial charge is 0.197 e. The van der Waals surface area contributed by atoms with Crippen LogP contribution in [0.4, 0.5) is 0 Å². The summed E-state index contributed by atoms with van der Waals surface area (Å²) in [7, 11) is -3.91. The average Bonchev–Trinajstić information content (AvgIpc) is 3.20. The highest BCUT2D eigenvalue weighted by molar-refractivity contribution is 7.09. The van der Waals surface area contributed by atoms with E-state index in [-0.39, 0.29) is 5.04 Å². The van der Waals surface area contributed by atoms with E-state index in [1.807, 2.05) is 0 Å². The molecule has 0 bridgehead atoms. The number of nitrogens with one attached hydrogen (secondary N) is 1. The fourth-order valence-electron chi connectivity index (χ4n) is 4.86. The third-order valence-electron chi connectivity index (χ3n) is 6.02. The minimum atomic E-state index is -2.32. The van der Waals surface area contributed by atoms with Crippen molar-refractivity contribution in [1.29, 1.82) is 0 Å². The van der Waals surface area contributed by atoms with Gasteiger partial charge >= 0.3 is 0 Å². The SMILES string of the molecule is CCCCCCC1([Si](N[Si](C)(C)C)(c2ccccc2)c2ccccc2)C=CC=C1. The summed E-state index contributed by atoms with van der Waals surface area (Å²) in [6.07, 6.45) is 16.1. The first-order valence-corrected chi connectivity index (χ1v) is 16.7. The zero-order valence-corrected chi connectivity index (χ0v) is 20.6. The summed E-state index contributed by atoms with van der Waals surface area (Å²) in [6, 6.07) is 22.7. The molecule has 0 aromatic heterocycles. The largest absolute Gasteiger partial charge is 0.352 e. The van der Waals surface area contributed by atoms with Crippen molar-refractivity contribution < 1.29 is 0 Å². The van der Waals surface area contributed by atoms with E-state index in [2.05, 4.69) is 116 Å². The second-order valence-corrected chi connectivity index (χ2v) is 18.5. The molecule has 0 radical (unpaired) electrons. The highest BCUT2D eigenvalue weighted by atomic mass is 28.4. The second kappa shape index (κ2) is 9.42. The van der Waals surface area contributed by atoms with E-state index >= 15 is 0 Å². The van der Waals surface area contributed by atoms with Gasteiger partial charge in [0.05, 0.1) is 0 Å². The van der Waals surface area contributed by atoms with E-state index in [4.69, 9.17) is 0 Å². The lowest BCUT2D eigenvalue weighted by molar-refractivity contribution is 0.591. The molecule has 29 heavy (non-hydrogen) atoms. The minimum Gasteiger partial charge on any atom is -0.352 e. The first-order valence-electron chi connectivity index (χ1n) is 11.2. The lowest BCUT2D eigenvalue weighted by atomic mass is 10.0. The predicted molar refractivity (Wildman–Crippen MR) is 134 cm³/mol. The summed E-state index contributed by atoms with van der Waals surface area (Å²) >= 11 is 0. The molecule has 0 unspecified atom stereocenters. The number of hydrogen-bond acceptors (Lipinski definition) is 1. The van der Waals surface area contributed by atoms with E-state index in [0.29, 0.717) is 0 Å². The maximum Gasteiger partial charge on any atom is 0.197 e. The standard InChI is InChI=1S/C26H37NSi2/c1-5-6-7-14-21-26(22-15-16-23-26)29(27-28(2,3)4,24-17-10-8-11-18-24)25-19-12-9-13-20-25/h8-13,15-20,22-23,27H,5-7,14,21H2,1-4H3. The Balaban J connectivity index is 2.22. The highest BCUT2D eigenvalue weighted by Crippen LogP contribution is 2.47. The molecule has 1 nitrogen and oxygen atoms in total. The Morgan fingerprint density at radius 2 is 1.24 bits per heavy atom. The van der Waals surface area contributed by atoms with Gasteiger partial charge in [-0.3, -0.25) is 0 Å². The molecule has 1 aliphatic carbocycles. The fraction of sp³-hybridized carbons (Fsp3) is 0.385. The molecule has 0 atom stereocenters. The molecule has 3 heteroatoms. The third kappa shape index (κ3) is 4.74. The maximum atomic E-state index is 4.40. The van der Waals surface area contributed by atoms with Gasteiger partial charge < -0.3 is 4.65 Å². The number of hydrogen-bond donors (Lipinski definition) is 1. The summed E-state index contributed by atoms with van der Waals surface area (Å²) in [5.41, 5.74) is 0. The Bertz CT molecular complexity index is 767. The fourth-order valence-corrected chi connectivity index (χ4v) is 15.5. The summed E-state index contributed by atoms with van der Waals surface area (Å²) in [4.78, 5) is 0. The van der Waals surface area contributed by atoms with Gasteiger partial charge in [0.15, 0.2) is 8.24 Å². The van der Waals surface area contributed by atoms with Crippen LogP contribution in [0.25, 0.3) is 0 Å². The van der Waals surface area contributed by atoms with Crippen LogP contribution in [0.5, 0.6) is 0 Å². The van der Waals surface area contributed by atoms with E-state index in [9.17, 15) is 0 Å². The highest BCUT2D eigenvalue weighted by Gasteiger charge is 2.55. The van der Waals surface area contributed by atoms with Crippen molar-refractivity contribution in [3.63, 3.8) is 0 Å². The molecular weight excluding hydrogens is 382 g/mol. The van der Waals surface area contributed by atoms with Crippen molar-refractivity contribution in [3.05, 3.63) is 85.0 Å². The Morgan fingerprint density at radius 1 is 0.724 bits per heavy atom. The molecule has 0 fully saturated rings. The average molecular weight is 420 g/mol. The molecule has 3 rings (SSSR count). The van der Waals surface area contributed by atoms with Gasteiger partial charge in [0, 0.05) is 5.04 Å². The number of allylic oxidation sites excluding steroid dienone is 4. The van der Waals surface area contributed by atoms with Gasteiger partial charge in [0.25, 0.3) is 0 Å². The van der Waals surface area contributed by atoms with Crippen LogP contribution in [0.3, 0.4) is 0 Å². The summed E-state index contributed by atoms with van der Waals surface area (Å²) < 4.78 is 4.40. The lowest BCUT2D eigenvalue weighted by Crippen LogP contribution is -2.79.